The molecule has 0 aromatic heterocycles. The Labute approximate surface area is 108 Å². The summed E-state index contributed by atoms with van der Waals surface area (Å²) in [4.78, 5) is 14.5. The van der Waals surface area contributed by atoms with E-state index >= 15 is 0 Å². The van der Waals surface area contributed by atoms with Crippen molar-refractivity contribution in [3.63, 3.8) is 0 Å². The van der Waals surface area contributed by atoms with Crippen molar-refractivity contribution in [2.24, 2.45) is 11.1 Å². The molecule has 0 atom stereocenters. The zero-order chi connectivity index (χ0) is 12.9. The van der Waals surface area contributed by atoms with Gasteiger partial charge in [-0.1, -0.05) is 25.1 Å². The molecule has 0 aliphatic heterocycles. The second kappa shape index (κ2) is 6.31. The van der Waals surface area contributed by atoms with Gasteiger partial charge in [0.25, 0.3) is 0 Å². The van der Waals surface area contributed by atoms with Gasteiger partial charge in [0, 0.05) is 27.3 Å². The number of hydrogen-bond donors (Lipinski definition) is 1. The first-order chi connectivity index (χ1) is 8.04. The molecule has 0 heterocycles. The molecular weight excluding hydrogens is 236 g/mol. The molecule has 0 aromatic carbocycles. The van der Waals surface area contributed by atoms with Gasteiger partial charge in [-0.05, 0) is 19.3 Å². The van der Waals surface area contributed by atoms with Gasteiger partial charge in [-0.15, -0.1) is 0 Å². The van der Waals surface area contributed by atoms with Crippen molar-refractivity contribution in [2.75, 3.05) is 27.3 Å². The summed E-state index contributed by atoms with van der Waals surface area (Å²) in [5, 5.41) is 0. The zero-order valence-electron chi connectivity index (χ0n) is 10.7. The van der Waals surface area contributed by atoms with Crippen LogP contribution in [0, 0.1) is 5.41 Å². The van der Waals surface area contributed by atoms with Gasteiger partial charge in [0.2, 0.25) is 5.91 Å². The third-order valence-electron chi connectivity index (χ3n) is 3.53. The Kier molecular flexibility index (Phi) is 5.33. The predicted molar refractivity (Wildman–Crippen MR) is 71.8 cm³/mol. The minimum atomic E-state index is -0.572. The van der Waals surface area contributed by atoms with Crippen molar-refractivity contribution < 1.29 is 9.53 Å². The van der Waals surface area contributed by atoms with Gasteiger partial charge in [0.05, 0.1) is 10.4 Å². The number of ether oxygens (including phenoxy) is 1. The molecule has 1 fully saturated rings. The number of carbonyl (C=O) groups is 1. The van der Waals surface area contributed by atoms with E-state index in [2.05, 4.69) is 0 Å². The molecule has 0 saturated heterocycles. The molecule has 0 aromatic rings. The minimum Gasteiger partial charge on any atom is -0.392 e. The first-order valence-corrected chi connectivity index (χ1v) is 6.50. The first kappa shape index (κ1) is 14.4. The Morgan fingerprint density at radius 3 is 2.53 bits per heavy atom. The van der Waals surface area contributed by atoms with Gasteiger partial charge < -0.3 is 15.4 Å². The molecule has 1 amide bonds. The fourth-order valence-corrected chi connectivity index (χ4v) is 2.75. The van der Waals surface area contributed by atoms with Crippen molar-refractivity contribution in [3.8, 4) is 0 Å². The van der Waals surface area contributed by atoms with Gasteiger partial charge in [-0.3, -0.25) is 4.79 Å². The lowest BCUT2D eigenvalue weighted by atomic mass is 9.84. The summed E-state index contributed by atoms with van der Waals surface area (Å²) in [6.45, 7) is 1.36. The van der Waals surface area contributed by atoms with E-state index in [1.54, 1.807) is 12.0 Å². The molecule has 5 heteroatoms. The van der Waals surface area contributed by atoms with Crippen LogP contribution in [0.15, 0.2) is 0 Å². The fourth-order valence-electron chi connectivity index (χ4n) is 2.46. The Morgan fingerprint density at radius 2 is 2.06 bits per heavy atom. The SMILES string of the molecule is COCCCN(C)C(=O)C1(C(N)=S)CCCC1. The number of rotatable bonds is 6. The van der Waals surface area contributed by atoms with Crippen LogP contribution in [0.4, 0.5) is 0 Å². The molecule has 4 nitrogen and oxygen atoms in total. The van der Waals surface area contributed by atoms with Crippen LogP contribution in [0.2, 0.25) is 0 Å². The van der Waals surface area contributed by atoms with Crippen LogP contribution in [0.5, 0.6) is 0 Å². The van der Waals surface area contributed by atoms with E-state index in [4.69, 9.17) is 22.7 Å². The topological polar surface area (TPSA) is 55.6 Å². The molecule has 1 rings (SSSR count). The third kappa shape index (κ3) is 3.16. The largest absolute Gasteiger partial charge is 0.392 e. The first-order valence-electron chi connectivity index (χ1n) is 6.09. The van der Waals surface area contributed by atoms with Crippen LogP contribution >= 0.6 is 12.2 Å². The molecule has 0 unspecified atom stereocenters. The lowest BCUT2D eigenvalue weighted by Crippen LogP contribution is -2.48. The van der Waals surface area contributed by atoms with Crippen LogP contribution in [0.3, 0.4) is 0 Å². The number of hydrogen-bond acceptors (Lipinski definition) is 3. The summed E-state index contributed by atoms with van der Waals surface area (Å²) in [6.07, 6.45) is 4.52. The number of nitrogens with two attached hydrogens (primary N) is 1. The number of carbonyl (C=O) groups excluding carboxylic acids is 1. The minimum absolute atomic E-state index is 0.0820. The average Bonchev–Trinajstić information content (AvgIpc) is 2.78. The molecule has 0 spiro atoms. The molecule has 1 aliphatic rings. The third-order valence-corrected chi connectivity index (χ3v) is 3.92. The highest BCUT2D eigenvalue weighted by Gasteiger charge is 2.45. The molecule has 2 N–H and O–H groups in total. The molecule has 1 saturated carbocycles. The molecule has 0 bridgehead atoms. The number of amides is 1. The Bertz CT molecular complexity index is 288. The number of thiocarbonyl (C=S) groups is 1. The molecule has 0 radical (unpaired) electrons. The smallest absolute Gasteiger partial charge is 0.235 e. The summed E-state index contributed by atoms with van der Waals surface area (Å²) >= 11 is 5.10. The maximum Gasteiger partial charge on any atom is 0.235 e. The maximum absolute atomic E-state index is 12.4. The lowest BCUT2D eigenvalue weighted by Gasteiger charge is -2.31. The highest BCUT2D eigenvalue weighted by molar-refractivity contribution is 7.80. The van der Waals surface area contributed by atoms with Crippen LogP contribution in [-0.2, 0) is 9.53 Å². The fraction of sp³-hybridized carbons (Fsp3) is 0.833. The number of methoxy groups -OCH3 is 1. The highest BCUT2D eigenvalue weighted by atomic mass is 32.1. The van der Waals surface area contributed by atoms with E-state index in [0.717, 1.165) is 32.1 Å². The van der Waals surface area contributed by atoms with E-state index in [-0.39, 0.29) is 5.91 Å². The Morgan fingerprint density at radius 1 is 1.47 bits per heavy atom. The summed E-state index contributed by atoms with van der Waals surface area (Å²) in [5.74, 6) is 0.0820. The highest BCUT2D eigenvalue weighted by Crippen LogP contribution is 2.39. The molecule has 98 valence electrons. The molecular formula is C12H22N2O2S. The van der Waals surface area contributed by atoms with E-state index < -0.39 is 5.41 Å². The quantitative estimate of drug-likeness (QED) is 0.577. The van der Waals surface area contributed by atoms with Crippen molar-refractivity contribution in [1.82, 2.24) is 4.90 Å². The van der Waals surface area contributed by atoms with Crippen LogP contribution < -0.4 is 5.73 Å². The van der Waals surface area contributed by atoms with Crippen molar-refractivity contribution in [2.45, 2.75) is 32.1 Å². The van der Waals surface area contributed by atoms with E-state index in [9.17, 15) is 4.79 Å². The van der Waals surface area contributed by atoms with Crippen molar-refractivity contribution in [1.29, 1.82) is 0 Å². The molecule has 1 aliphatic carbocycles. The van der Waals surface area contributed by atoms with Gasteiger partial charge in [0.1, 0.15) is 0 Å². The normalized spacial score (nSPS) is 18.0. The standard InChI is InChI=1S/C12H22N2O2S/c1-14(8-5-9-16-2)11(15)12(10(13)17)6-3-4-7-12/h3-9H2,1-2H3,(H2,13,17). The summed E-state index contributed by atoms with van der Waals surface area (Å²) in [5.41, 5.74) is 5.21. The second-order valence-corrected chi connectivity index (χ2v) is 5.17. The lowest BCUT2D eigenvalue weighted by molar-refractivity contribution is -0.136. The number of nitrogens with zero attached hydrogens (tertiary/aromatic N) is 1. The zero-order valence-corrected chi connectivity index (χ0v) is 11.5. The van der Waals surface area contributed by atoms with Crippen LogP contribution in [0.1, 0.15) is 32.1 Å². The Hall–Kier alpha value is -0.680. The van der Waals surface area contributed by atoms with Crippen LogP contribution in [-0.4, -0.2) is 43.1 Å². The van der Waals surface area contributed by atoms with Gasteiger partial charge in [-0.25, -0.2) is 0 Å². The van der Waals surface area contributed by atoms with Gasteiger partial charge in [-0.2, -0.15) is 0 Å². The second-order valence-electron chi connectivity index (χ2n) is 4.73. The summed E-state index contributed by atoms with van der Waals surface area (Å²) in [6, 6.07) is 0. The Balaban J connectivity index is 2.62. The molecule has 17 heavy (non-hydrogen) atoms. The van der Waals surface area contributed by atoms with E-state index in [1.807, 2.05) is 7.05 Å². The average molecular weight is 258 g/mol. The van der Waals surface area contributed by atoms with Crippen molar-refractivity contribution >= 4 is 23.1 Å². The monoisotopic (exact) mass is 258 g/mol. The predicted octanol–water partition coefficient (Wildman–Crippen LogP) is 1.33. The summed E-state index contributed by atoms with van der Waals surface area (Å²) in [7, 11) is 3.48. The van der Waals surface area contributed by atoms with Gasteiger partial charge >= 0.3 is 0 Å². The summed E-state index contributed by atoms with van der Waals surface area (Å²) < 4.78 is 4.98. The van der Waals surface area contributed by atoms with Crippen molar-refractivity contribution in [3.05, 3.63) is 0 Å². The van der Waals surface area contributed by atoms with Crippen LogP contribution in [0.25, 0.3) is 0 Å². The van der Waals surface area contributed by atoms with E-state index in [1.165, 1.54) is 0 Å². The van der Waals surface area contributed by atoms with Gasteiger partial charge in [0.15, 0.2) is 0 Å². The maximum atomic E-state index is 12.4. The van der Waals surface area contributed by atoms with E-state index in [0.29, 0.717) is 18.1 Å².